The van der Waals surface area contributed by atoms with Gasteiger partial charge in [-0.05, 0) is 36.0 Å². The molecule has 1 aromatic heterocycles. The second-order valence-corrected chi connectivity index (χ2v) is 8.13. The highest BCUT2D eigenvalue weighted by Gasteiger charge is 2.25. The molecule has 5 nitrogen and oxygen atoms in total. The van der Waals surface area contributed by atoms with Crippen LogP contribution in [0.25, 0.3) is 33.2 Å². The van der Waals surface area contributed by atoms with Crippen molar-refractivity contribution in [3.63, 3.8) is 0 Å². The third kappa shape index (κ3) is 3.52. The van der Waals surface area contributed by atoms with Gasteiger partial charge in [-0.3, -0.25) is 4.79 Å². The van der Waals surface area contributed by atoms with Crippen molar-refractivity contribution in [2.75, 3.05) is 0 Å². The maximum Gasteiger partial charge on any atom is 0.204 e. The van der Waals surface area contributed by atoms with E-state index >= 15 is 0 Å². The van der Waals surface area contributed by atoms with Crippen molar-refractivity contribution >= 4 is 11.0 Å². The molecule has 3 N–H and O–H groups in total. The van der Waals surface area contributed by atoms with E-state index in [1.807, 2.05) is 68.4 Å². The lowest BCUT2D eigenvalue weighted by molar-refractivity contribution is 0.365. The summed E-state index contributed by atoms with van der Waals surface area (Å²) >= 11 is 0. The minimum atomic E-state index is -0.704. The molecule has 5 heteroatoms. The van der Waals surface area contributed by atoms with E-state index in [1.165, 1.54) is 0 Å². The number of hydrogen-bond acceptors (Lipinski definition) is 5. The summed E-state index contributed by atoms with van der Waals surface area (Å²) in [4.78, 5) is 13.4. The number of aryl methyl sites for hydroxylation is 1. The molecule has 0 spiro atoms. The molecular formula is C26H24O5. The van der Waals surface area contributed by atoms with Crippen molar-refractivity contribution in [2.24, 2.45) is 5.92 Å². The first kappa shape index (κ1) is 20.5. The van der Waals surface area contributed by atoms with E-state index in [0.29, 0.717) is 28.9 Å². The molecule has 0 saturated carbocycles. The molecule has 0 aliphatic heterocycles. The Kier molecular flexibility index (Phi) is 5.19. The topological polar surface area (TPSA) is 90.9 Å². The largest absolute Gasteiger partial charge is 0.504 e. The summed E-state index contributed by atoms with van der Waals surface area (Å²) in [5.74, 6) is -1.32. The summed E-state index contributed by atoms with van der Waals surface area (Å²) < 4.78 is 5.96. The molecule has 0 radical (unpaired) electrons. The molecule has 4 rings (SSSR count). The van der Waals surface area contributed by atoms with Gasteiger partial charge in [0.2, 0.25) is 11.2 Å². The van der Waals surface area contributed by atoms with Gasteiger partial charge in [-0.2, -0.15) is 0 Å². The first-order valence-electron chi connectivity index (χ1n) is 10.2. The standard InChI is InChI=1S/C26H24O5/c1-14(2)13-19-22(27)25(30)24(29)21-23(28)20(15(3)31-26(19)21)18-11-9-17(10-12-18)16-7-5-4-6-8-16/h4-12,14,27,29-30H,13H2,1-3H3. The van der Waals surface area contributed by atoms with Gasteiger partial charge < -0.3 is 19.7 Å². The quantitative estimate of drug-likeness (QED) is 0.369. The van der Waals surface area contributed by atoms with Gasteiger partial charge in [-0.15, -0.1) is 0 Å². The van der Waals surface area contributed by atoms with Crippen molar-refractivity contribution in [1.82, 2.24) is 0 Å². The Morgan fingerprint density at radius 3 is 2.00 bits per heavy atom. The van der Waals surface area contributed by atoms with E-state index in [2.05, 4.69) is 0 Å². The lowest BCUT2D eigenvalue weighted by Crippen LogP contribution is -2.10. The molecule has 4 aromatic rings. The fourth-order valence-corrected chi connectivity index (χ4v) is 3.94. The first-order chi connectivity index (χ1) is 14.8. The third-order valence-corrected chi connectivity index (χ3v) is 5.43. The highest BCUT2D eigenvalue weighted by atomic mass is 16.3. The van der Waals surface area contributed by atoms with Crippen LogP contribution in [-0.2, 0) is 6.42 Å². The smallest absolute Gasteiger partial charge is 0.204 e. The van der Waals surface area contributed by atoms with Gasteiger partial charge in [0, 0.05) is 5.56 Å². The number of aromatic hydroxyl groups is 3. The number of phenolic OH excluding ortho intramolecular Hbond substituents is 3. The molecule has 0 aliphatic carbocycles. The van der Waals surface area contributed by atoms with Crippen LogP contribution in [0.5, 0.6) is 17.2 Å². The van der Waals surface area contributed by atoms with Crippen LogP contribution in [0.4, 0.5) is 0 Å². The molecular weight excluding hydrogens is 392 g/mol. The highest BCUT2D eigenvalue weighted by Crippen LogP contribution is 2.45. The zero-order valence-electron chi connectivity index (χ0n) is 17.6. The minimum Gasteiger partial charge on any atom is -0.504 e. The third-order valence-electron chi connectivity index (χ3n) is 5.43. The van der Waals surface area contributed by atoms with E-state index in [1.54, 1.807) is 6.92 Å². The van der Waals surface area contributed by atoms with Crippen molar-refractivity contribution in [3.8, 4) is 39.5 Å². The Balaban J connectivity index is 1.93. The summed E-state index contributed by atoms with van der Waals surface area (Å²) in [5.41, 5.74) is 2.99. The summed E-state index contributed by atoms with van der Waals surface area (Å²) in [7, 11) is 0. The van der Waals surface area contributed by atoms with Crippen LogP contribution in [0.2, 0.25) is 0 Å². The van der Waals surface area contributed by atoms with Crippen molar-refractivity contribution in [1.29, 1.82) is 0 Å². The van der Waals surface area contributed by atoms with Gasteiger partial charge in [0.1, 0.15) is 16.7 Å². The minimum absolute atomic E-state index is 0.105. The summed E-state index contributed by atoms with van der Waals surface area (Å²) in [6, 6.07) is 17.4. The Labute approximate surface area is 179 Å². The molecule has 0 saturated heterocycles. The second kappa shape index (κ2) is 7.84. The van der Waals surface area contributed by atoms with E-state index in [4.69, 9.17) is 4.42 Å². The van der Waals surface area contributed by atoms with Gasteiger partial charge in [-0.25, -0.2) is 0 Å². The zero-order chi connectivity index (χ0) is 22.3. The van der Waals surface area contributed by atoms with E-state index in [9.17, 15) is 20.1 Å². The van der Waals surface area contributed by atoms with Crippen LogP contribution in [0.15, 0.2) is 63.8 Å². The molecule has 0 unspecified atom stereocenters. The lowest BCUT2D eigenvalue weighted by atomic mass is 9.95. The van der Waals surface area contributed by atoms with Crippen LogP contribution >= 0.6 is 0 Å². The van der Waals surface area contributed by atoms with E-state index < -0.39 is 22.7 Å². The fraction of sp³-hybridized carbons (Fsp3) is 0.192. The van der Waals surface area contributed by atoms with Crippen LogP contribution < -0.4 is 5.43 Å². The Morgan fingerprint density at radius 2 is 1.39 bits per heavy atom. The number of fused-ring (bicyclic) bond motifs is 1. The molecule has 3 aromatic carbocycles. The Hall–Kier alpha value is -3.73. The SMILES string of the molecule is Cc1oc2c(CC(C)C)c(O)c(O)c(O)c2c(=O)c1-c1ccc(-c2ccccc2)cc1. The number of benzene rings is 3. The van der Waals surface area contributed by atoms with Gasteiger partial charge in [0.15, 0.2) is 11.5 Å². The Bertz CT molecular complexity index is 1320. The number of hydrogen-bond donors (Lipinski definition) is 3. The molecule has 0 aliphatic rings. The molecule has 1 heterocycles. The highest BCUT2D eigenvalue weighted by molar-refractivity contribution is 5.94. The molecule has 158 valence electrons. The monoisotopic (exact) mass is 416 g/mol. The summed E-state index contributed by atoms with van der Waals surface area (Å²) in [5, 5.41) is 30.9. The first-order valence-corrected chi connectivity index (χ1v) is 10.2. The van der Waals surface area contributed by atoms with Crippen LogP contribution in [0.1, 0.15) is 25.2 Å². The molecule has 0 atom stereocenters. The van der Waals surface area contributed by atoms with Crippen LogP contribution in [0.3, 0.4) is 0 Å². The van der Waals surface area contributed by atoms with Gasteiger partial charge in [0.05, 0.1) is 5.56 Å². The predicted molar refractivity (Wildman–Crippen MR) is 122 cm³/mol. The van der Waals surface area contributed by atoms with E-state index in [-0.39, 0.29) is 16.9 Å². The maximum atomic E-state index is 13.4. The molecule has 31 heavy (non-hydrogen) atoms. The summed E-state index contributed by atoms with van der Waals surface area (Å²) in [6.07, 6.45) is 0.379. The van der Waals surface area contributed by atoms with Crippen LogP contribution in [0, 0.1) is 12.8 Å². The van der Waals surface area contributed by atoms with Gasteiger partial charge in [-0.1, -0.05) is 68.4 Å². The average Bonchev–Trinajstić information content (AvgIpc) is 2.76. The second-order valence-electron chi connectivity index (χ2n) is 8.13. The fourth-order valence-electron chi connectivity index (χ4n) is 3.94. The maximum absolute atomic E-state index is 13.4. The van der Waals surface area contributed by atoms with Crippen molar-refractivity contribution in [2.45, 2.75) is 27.2 Å². The Morgan fingerprint density at radius 1 is 0.806 bits per heavy atom. The lowest BCUT2D eigenvalue weighted by Gasteiger charge is -2.15. The van der Waals surface area contributed by atoms with Crippen LogP contribution in [-0.4, -0.2) is 15.3 Å². The average molecular weight is 416 g/mol. The molecule has 0 fully saturated rings. The number of rotatable bonds is 4. The number of phenols is 3. The molecule has 0 bridgehead atoms. The summed E-state index contributed by atoms with van der Waals surface area (Å²) in [6.45, 7) is 5.58. The molecule has 0 amide bonds. The van der Waals surface area contributed by atoms with Crippen molar-refractivity contribution in [3.05, 3.63) is 76.1 Å². The van der Waals surface area contributed by atoms with E-state index in [0.717, 1.165) is 11.1 Å². The normalized spacial score (nSPS) is 11.4. The van der Waals surface area contributed by atoms with Crippen molar-refractivity contribution < 1.29 is 19.7 Å². The predicted octanol–water partition coefficient (Wildman–Crippen LogP) is 5.75. The van der Waals surface area contributed by atoms with Gasteiger partial charge >= 0.3 is 0 Å². The zero-order valence-corrected chi connectivity index (χ0v) is 17.6. The van der Waals surface area contributed by atoms with Gasteiger partial charge in [0.25, 0.3) is 0 Å².